The van der Waals surface area contributed by atoms with E-state index in [1.54, 1.807) is 14.2 Å². The first kappa shape index (κ1) is 24.6. The molecule has 3 atom stereocenters. The largest absolute Gasteiger partial charge is 0.497 e. The number of carbonyl (C=O) groups excluding carboxylic acids is 1. The zero-order valence-corrected chi connectivity index (χ0v) is 18.9. The van der Waals surface area contributed by atoms with Gasteiger partial charge in [-0.25, -0.2) is 0 Å². The molecule has 0 heterocycles. The second-order valence-corrected chi connectivity index (χ2v) is 7.73. The van der Waals surface area contributed by atoms with Crippen molar-refractivity contribution in [3.8, 4) is 5.75 Å². The van der Waals surface area contributed by atoms with Crippen molar-refractivity contribution in [3.05, 3.63) is 78.4 Å². The Kier molecular flexibility index (Phi) is 10.8. The van der Waals surface area contributed by atoms with Crippen LogP contribution in [-0.2, 0) is 27.3 Å². The lowest BCUT2D eigenvalue weighted by Crippen LogP contribution is -2.39. The van der Waals surface area contributed by atoms with Crippen LogP contribution in [0.5, 0.6) is 5.75 Å². The van der Waals surface area contributed by atoms with Gasteiger partial charge < -0.3 is 19.5 Å². The lowest BCUT2D eigenvalue weighted by atomic mass is 10.0. The number of nitrogens with one attached hydrogen (secondary N) is 1. The summed E-state index contributed by atoms with van der Waals surface area (Å²) < 4.78 is 16.9. The van der Waals surface area contributed by atoms with Crippen LogP contribution in [0.3, 0.4) is 0 Å². The molecule has 0 unspecified atom stereocenters. The van der Waals surface area contributed by atoms with E-state index in [1.165, 1.54) is 0 Å². The molecule has 0 aromatic heterocycles. The minimum absolute atomic E-state index is 0.219. The molecule has 2 rings (SSSR count). The van der Waals surface area contributed by atoms with Crippen molar-refractivity contribution in [2.45, 2.75) is 44.9 Å². The topological polar surface area (TPSA) is 56.8 Å². The van der Waals surface area contributed by atoms with E-state index in [2.05, 4.69) is 18.8 Å². The van der Waals surface area contributed by atoms with Crippen LogP contribution in [0.4, 0.5) is 0 Å². The number of carbonyl (C=O) groups is 1. The highest BCUT2D eigenvalue weighted by Crippen LogP contribution is 2.16. The fourth-order valence-electron chi connectivity index (χ4n) is 3.26. The predicted molar refractivity (Wildman–Crippen MR) is 124 cm³/mol. The molecule has 0 bridgehead atoms. The molecule has 1 N–H and O–H groups in total. The van der Waals surface area contributed by atoms with Gasteiger partial charge in [0.05, 0.1) is 20.3 Å². The van der Waals surface area contributed by atoms with Gasteiger partial charge in [0.15, 0.2) is 0 Å². The van der Waals surface area contributed by atoms with Gasteiger partial charge in [0.1, 0.15) is 17.9 Å². The van der Waals surface area contributed by atoms with Crippen molar-refractivity contribution in [1.29, 1.82) is 0 Å². The summed E-state index contributed by atoms with van der Waals surface area (Å²) in [6.45, 7) is 6.95. The number of esters is 1. The van der Waals surface area contributed by atoms with Crippen LogP contribution < -0.4 is 10.1 Å². The molecule has 0 aliphatic heterocycles. The molecular formula is C26H35NO4. The Labute approximate surface area is 186 Å². The van der Waals surface area contributed by atoms with Gasteiger partial charge in [0, 0.05) is 6.42 Å². The number of ether oxygens (including phenoxy) is 3. The third-order valence-electron chi connectivity index (χ3n) is 5.25. The maximum absolute atomic E-state index is 12.8. The molecule has 0 fully saturated rings. The zero-order valence-electron chi connectivity index (χ0n) is 18.9. The van der Waals surface area contributed by atoms with Gasteiger partial charge in [-0.05, 0) is 49.1 Å². The fraction of sp³-hybridized carbons (Fsp3) is 0.423. The van der Waals surface area contributed by atoms with E-state index in [0.717, 1.165) is 23.3 Å². The molecule has 0 saturated heterocycles. The highest BCUT2D eigenvalue weighted by molar-refractivity contribution is 5.76. The van der Waals surface area contributed by atoms with E-state index in [9.17, 15) is 4.79 Å². The lowest BCUT2D eigenvalue weighted by molar-refractivity contribution is -0.153. The first-order chi connectivity index (χ1) is 15.0. The quantitative estimate of drug-likeness (QED) is 0.273. The lowest BCUT2D eigenvalue weighted by Gasteiger charge is -2.23. The summed E-state index contributed by atoms with van der Waals surface area (Å²) >= 11 is 0. The van der Waals surface area contributed by atoms with E-state index in [1.807, 2.05) is 60.7 Å². The smallest absolute Gasteiger partial charge is 0.323 e. The average Bonchev–Trinajstić information content (AvgIpc) is 2.81. The second kappa shape index (κ2) is 13.6. The summed E-state index contributed by atoms with van der Waals surface area (Å²) in [5.74, 6) is 0.841. The summed E-state index contributed by atoms with van der Waals surface area (Å²) in [6.07, 6.45) is 3.62. The van der Waals surface area contributed by atoms with E-state index in [-0.39, 0.29) is 24.0 Å². The van der Waals surface area contributed by atoms with Gasteiger partial charge in [-0.15, -0.1) is 6.58 Å². The number of hydrogen-bond donors (Lipinski definition) is 1. The highest BCUT2D eigenvalue weighted by atomic mass is 16.5. The Bertz CT molecular complexity index is 776. The van der Waals surface area contributed by atoms with Crippen molar-refractivity contribution < 1.29 is 19.0 Å². The molecule has 0 aliphatic rings. The van der Waals surface area contributed by atoms with Crippen LogP contribution in [0.1, 0.15) is 30.9 Å². The molecule has 5 nitrogen and oxygen atoms in total. The number of methoxy groups -OCH3 is 1. The van der Waals surface area contributed by atoms with Crippen LogP contribution in [-0.4, -0.2) is 38.9 Å². The minimum atomic E-state index is -0.385. The van der Waals surface area contributed by atoms with Crippen molar-refractivity contribution in [2.75, 3.05) is 20.8 Å². The summed E-state index contributed by atoms with van der Waals surface area (Å²) in [6, 6.07) is 17.4. The predicted octanol–water partition coefficient (Wildman–Crippen LogP) is 4.56. The van der Waals surface area contributed by atoms with Gasteiger partial charge in [-0.1, -0.05) is 55.5 Å². The number of hydrogen-bond acceptors (Lipinski definition) is 5. The standard InChI is InChI=1S/C26H35NO4/c1-5-20(2)17-24(15-16-30-19-22-11-13-23(29-4)14-12-22)31-26(28)25(27-3)18-21-9-7-6-8-10-21/h5-14,20,24-25,27H,1,15-19H2,2-4H3/t20-,24+,25-/m0/s1. The van der Waals surface area contributed by atoms with Gasteiger partial charge in [-0.2, -0.15) is 0 Å². The molecule has 168 valence electrons. The molecule has 2 aromatic rings. The Balaban J connectivity index is 1.87. The van der Waals surface area contributed by atoms with E-state index >= 15 is 0 Å². The van der Waals surface area contributed by atoms with Crippen LogP contribution in [0.15, 0.2) is 67.3 Å². The van der Waals surface area contributed by atoms with Crippen molar-refractivity contribution in [1.82, 2.24) is 5.32 Å². The molecule has 31 heavy (non-hydrogen) atoms. The molecule has 0 aliphatic carbocycles. The van der Waals surface area contributed by atoms with Gasteiger partial charge in [-0.3, -0.25) is 4.79 Å². The normalized spacial score (nSPS) is 13.8. The van der Waals surface area contributed by atoms with E-state index < -0.39 is 0 Å². The summed E-state index contributed by atoms with van der Waals surface area (Å²) in [5, 5.41) is 3.08. The Morgan fingerprint density at radius 2 is 1.81 bits per heavy atom. The summed E-state index contributed by atoms with van der Waals surface area (Å²) in [7, 11) is 3.43. The van der Waals surface area contributed by atoms with Crippen molar-refractivity contribution in [3.63, 3.8) is 0 Å². The first-order valence-corrected chi connectivity index (χ1v) is 10.8. The molecule has 0 radical (unpaired) electrons. The minimum Gasteiger partial charge on any atom is -0.497 e. The molecule has 2 aromatic carbocycles. The van der Waals surface area contributed by atoms with E-state index in [0.29, 0.717) is 26.1 Å². The Morgan fingerprint density at radius 3 is 2.42 bits per heavy atom. The van der Waals surface area contributed by atoms with Gasteiger partial charge in [0.2, 0.25) is 0 Å². The highest BCUT2D eigenvalue weighted by Gasteiger charge is 2.23. The molecule has 0 spiro atoms. The third-order valence-corrected chi connectivity index (χ3v) is 5.25. The van der Waals surface area contributed by atoms with Gasteiger partial charge >= 0.3 is 5.97 Å². The van der Waals surface area contributed by atoms with E-state index in [4.69, 9.17) is 14.2 Å². The molecule has 5 heteroatoms. The average molecular weight is 426 g/mol. The van der Waals surface area contributed by atoms with Crippen LogP contribution in [0, 0.1) is 5.92 Å². The van der Waals surface area contributed by atoms with Crippen LogP contribution >= 0.6 is 0 Å². The van der Waals surface area contributed by atoms with Gasteiger partial charge in [0.25, 0.3) is 0 Å². The fourth-order valence-corrected chi connectivity index (χ4v) is 3.26. The maximum Gasteiger partial charge on any atom is 0.323 e. The zero-order chi connectivity index (χ0) is 22.5. The number of allylic oxidation sites excluding steroid dienone is 1. The molecule has 0 amide bonds. The number of rotatable bonds is 14. The van der Waals surface area contributed by atoms with Crippen LogP contribution in [0.2, 0.25) is 0 Å². The Morgan fingerprint density at radius 1 is 1.10 bits per heavy atom. The molecule has 0 saturated carbocycles. The summed E-state index contributed by atoms with van der Waals surface area (Å²) in [5.41, 5.74) is 2.17. The van der Waals surface area contributed by atoms with Crippen molar-refractivity contribution >= 4 is 5.97 Å². The second-order valence-electron chi connectivity index (χ2n) is 7.73. The van der Waals surface area contributed by atoms with Crippen molar-refractivity contribution in [2.24, 2.45) is 5.92 Å². The third kappa shape index (κ3) is 8.95. The Hall–Kier alpha value is -2.63. The first-order valence-electron chi connectivity index (χ1n) is 10.8. The SMILES string of the molecule is C=C[C@H](C)C[C@@H](CCOCc1ccc(OC)cc1)OC(=O)[C@H](Cc1ccccc1)NC. The summed E-state index contributed by atoms with van der Waals surface area (Å²) in [4.78, 5) is 12.8. The monoisotopic (exact) mass is 425 g/mol. The van der Waals surface area contributed by atoms with Crippen LogP contribution in [0.25, 0.3) is 0 Å². The maximum atomic E-state index is 12.8. The number of benzene rings is 2. The molecular weight excluding hydrogens is 390 g/mol. The number of likely N-dealkylation sites (N-methyl/N-ethyl adjacent to an activating group) is 1.